The van der Waals surface area contributed by atoms with Crippen molar-refractivity contribution in [2.75, 3.05) is 19.6 Å². The number of hydrogen-bond acceptors (Lipinski definition) is 4. The Morgan fingerprint density at radius 1 is 1.29 bits per heavy atom. The third kappa shape index (κ3) is 2.00. The van der Waals surface area contributed by atoms with Crippen molar-refractivity contribution in [3.63, 3.8) is 0 Å². The summed E-state index contributed by atoms with van der Waals surface area (Å²) in [6.07, 6.45) is 0. The zero-order valence-corrected chi connectivity index (χ0v) is 7.38. The van der Waals surface area contributed by atoms with Crippen molar-refractivity contribution in [2.24, 2.45) is 11.8 Å². The van der Waals surface area contributed by atoms with E-state index in [1.165, 1.54) is 4.90 Å². The van der Waals surface area contributed by atoms with E-state index < -0.39 is 23.8 Å². The minimum Gasteiger partial charge on any atom is -0.481 e. The average molecular weight is 198 g/mol. The van der Waals surface area contributed by atoms with E-state index in [2.05, 4.69) is 0 Å². The second-order valence-corrected chi connectivity index (χ2v) is 3.24. The summed E-state index contributed by atoms with van der Waals surface area (Å²) in [7, 11) is 0. The average Bonchev–Trinajstić information content (AvgIpc) is 2.49. The Kier molecular flexibility index (Phi) is 3.04. The highest BCUT2D eigenvalue weighted by atomic mass is 16.4. The second kappa shape index (κ2) is 4.07. The van der Waals surface area contributed by atoms with Crippen molar-refractivity contribution in [3.05, 3.63) is 0 Å². The summed E-state index contributed by atoms with van der Waals surface area (Å²) >= 11 is 0. The van der Waals surface area contributed by atoms with Crippen molar-refractivity contribution < 1.29 is 19.8 Å². The molecule has 1 aliphatic heterocycles. The van der Waals surface area contributed by atoms with Gasteiger partial charge < -0.3 is 10.2 Å². The van der Waals surface area contributed by atoms with E-state index in [-0.39, 0.29) is 19.6 Å². The molecule has 1 saturated heterocycles. The molecule has 0 amide bonds. The molecule has 0 spiro atoms. The van der Waals surface area contributed by atoms with E-state index in [0.29, 0.717) is 0 Å². The fraction of sp³-hybridized carbons (Fsp3) is 0.625. The maximum Gasteiger partial charge on any atom is 0.308 e. The number of carboxylic acids is 2. The zero-order valence-electron chi connectivity index (χ0n) is 7.38. The molecule has 0 aromatic heterocycles. The van der Waals surface area contributed by atoms with Gasteiger partial charge in [-0.3, -0.25) is 14.5 Å². The lowest BCUT2D eigenvalue weighted by atomic mass is 9.97. The molecule has 0 saturated carbocycles. The van der Waals surface area contributed by atoms with Gasteiger partial charge in [-0.25, -0.2) is 0 Å². The molecule has 0 aromatic carbocycles. The maximum atomic E-state index is 10.7. The van der Waals surface area contributed by atoms with Crippen LogP contribution in [0.4, 0.5) is 0 Å². The molecular formula is C8H10N2O4. The number of hydrogen-bond donors (Lipinski definition) is 2. The highest BCUT2D eigenvalue weighted by Crippen LogP contribution is 2.23. The molecule has 76 valence electrons. The van der Waals surface area contributed by atoms with E-state index >= 15 is 0 Å². The van der Waals surface area contributed by atoms with Gasteiger partial charge in [0, 0.05) is 13.1 Å². The van der Waals surface area contributed by atoms with Crippen LogP contribution >= 0.6 is 0 Å². The topological polar surface area (TPSA) is 102 Å². The summed E-state index contributed by atoms with van der Waals surface area (Å²) in [5.41, 5.74) is 0. The number of nitriles is 1. The predicted molar refractivity (Wildman–Crippen MR) is 44.3 cm³/mol. The van der Waals surface area contributed by atoms with Gasteiger partial charge in [-0.05, 0) is 0 Å². The third-order valence-corrected chi connectivity index (χ3v) is 2.32. The Balaban J connectivity index is 2.71. The zero-order chi connectivity index (χ0) is 10.7. The smallest absolute Gasteiger partial charge is 0.308 e. The Hall–Kier alpha value is -1.61. The highest BCUT2D eigenvalue weighted by Gasteiger charge is 2.41. The first-order chi connectivity index (χ1) is 6.56. The van der Waals surface area contributed by atoms with Crippen LogP contribution in [0.25, 0.3) is 0 Å². The molecule has 6 heteroatoms. The molecule has 1 aliphatic rings. The maximum absolute atomic E-state index is 10.7. The number of nitrogens with zero attached hydrogens (tertiary/aromatic N) is 2. The molecule has 0 radical (unpaired) electrons. The second-order valence-electron chi connectivity index (χ2n) is 3.24. The first kappa shape index (κ1) is 10.5. The number of likely N-dealkylation sites (tertiary alicyclic amines) is 1. The van der Waals surface area contributed by atoms with Crippen molar-refractivity contribution >= 4 is 11.9 Å². The normalized spacial score (nSPS) is 27.1. The van der Waals surface area contributed by atoms with Crippen LogP contribution in [0.5, 0.6) is 0 Å². The molecule has 14 heavy (non-hydrogen) atoms. The first-order valence-corrected chi connectivity index (χ1v) is 4.11. The van der Waals surface area contributed by atoms with E-state index in [1.54, 1.807) is 0 Å². The van der Waals surface area contributed by atoms with Crippen LogP contribution in [0.3, 0.4) is 0 Å². The minimum atomic E-state index is -1.11. The first-order valence-electron chi connectivity index (χ1n) is 4.11. The Labute approximate surface area is 80.4 Å². The van der Waals surface area contributed by atoms with Crippen LogP contribution in [-0.2, 0) is 9.59 Å². The lowest BCUT2D eigenvalue weighted by Gasteiger charge is -2.08. The van der Waals surface area contributed by atoms with Gasteiger partial charge in [-0.15, -0.1) is 0 Å². The standard InChI is InChI=1S/C8H10N2O4/c9-1-2-10-3-5(7(11)12)6(4-10)8(13)14/h5-6H,2-4H2,(H,11,12)(H,13,14)/t5-,6-/m1/s1. The monoisotopic (exact) mass is 198 g/mol. The van der Waals surface area contributed by atoms with E-state index in [1.807, 2.05) is 6.07 Å². The van der Waals surface area contributed by atoms with Gasteiger partial charge in [0.15, 0.2) is 0 Å². The van der Waals surface area contributed by atoms with Gasteiger partial charge in [-0.1, -0.05) is 0 Å². The molecule has 0 unspecified atom stereocenters. The number of carbonyl (C=O) groups is 2. The minimum absolute atomic E-state index is 0.0769. The molecule has 2 N–H and O–H groups in total. The summed E-state index contributed by atoms with van der Waals surface area (Å²) < 4.78 is 0. The predicted octanol–water partition coefficient (Wildman–Crippen LogP) is -0.773. The summed E-state index contributed by atoms with van der Waals surface area (Å²) in [5, 5.41) is 25.9. The fourth-order valence-corrected chi connectivity index (χ4v) is 1.61. The quantitative estimate of drug-likeness (QED) is 0.577. The molecule has 0 aliphatic carbocycles. The van der Waals surface area contributed by atoms with E-state index in [9.17, 15) is 9.59 Å². The van der Waals surface area contributed by atoms with Crippen molar-refractivity contribution in [1.82, 2.24) is 4.90 Å². The van der Waals surface area contributed by atoms with Crippen LogP contribution < -0.4 is 0 Å². The van der Waals surface area contributed by atoms with Gasteiger partial charge in [0.2, 0.25) is 0 Å². The molecule has 6 nitrogen and oxygen atoms in total. The fourth-order valence-electron chi connectivity index (χ4n) is 1.61. The molecule has 1 rings (SSSR count). The summed E-state index contributed by atoms with van der Waals surface area (Å²) in [5.74, 6) is -4.03. The lowest BCUT2D eigenvalue weighted by Crippen LogP contribution is -2.28. The summed E-state index contributed by atoms with van der Waals surface area (Å²) in [6, 6.07) is 1.87. The molecule has 0 bridgehead atoms. The number of carboxylic acid groups (broad SMARTS) is 2. The van der Waals surface area contributed by atoms with Crippen molar-refractivity contribution in [1.29, 1.82) is 5.26 Å². The number of aliphatic carboxylic acids is 2. The van der Waals surface area contributed by atoms with Gasteiger partial charge in [0.1, 0.15) is 0 Å². The van der Waals surface area contributed by atoms with Crippen LogP contribution in [-0.4, -0.2) is 46.7 Å². The lowest BCUT2D eigenvalue weighted by molar-refractivity contribution is -0.151. The van der Waals surface area contributed by atoms with Crippen LogP contribution in [0, 0.1) is 23.2 Å². The van der Waals surface area contributed by atoms with Crippen LogP contribution in [0.1, 0.15) is 0 Å². The summed E-state index contributed by atoms with van der Waals surface area (Å²) in [6.45, 7) is 0.354. The third-order valence-electron chi connectivity index (χ3n) is 2.32. The van der Waals surface area contributed by atoms with Gasteiger partial charge in [0.25, 0.3) is 0 Å². The Morgan fingerprint density at radius 2 is 1.71 bits per heavy atom. The van der Waals surface area contributed by atoms with Crippen LogP contribution in [0.2, 0.25) is 0 Å². The van der Waals surface area contributed by atoms with Crippen LogP contribution in [0.15, 0.2) is 0 Å². The Bertz CT molecular complexity index is 274. The molecule has 0 aromatic rings. The van der Waals surface area contributed by atoms with E-state index in [0.717, 1.165) is 0 Å². The van der Waals surface area contributed by atoms with Crippen molar-refractivity contribution in [2.45, 2.75) is 0 Å². The largest absolute Gasteiger partial charge is 0.481 e. The van der Waals surface area contributed by atoms with Gasteiger partial charge in [0.05, 0.1) is 24.4 Å². The van der Waals surface area contributed by atoms with E-state index in [4.69, 9.17) is 15.5 Å². The highest BCUT2D eigenvalue weighted by molar-refractivity contribution is 5.81. The Morgan fingerprint density at radius 3 is 2.00 bits per heavy atom. The SMILES string of the molecule is N#CCN1C[C@@H](C(=O)O)[C@H](C(=O)O)C1. The van der Waals surface area contributed by atoms with Gasteiger partial charge >= 0.3 is 11.9 Å². The summed E-state index contributed by atoms with van der Waals surface area (Å²) in [4.78, 5) is 22.9. The van der Waals surface area contributed by atoms with Crippen molar-refractivity contribution in [3.8, 4) is 6.07 Å². The molecule has 1 fully saturated rings. The molecule has 1 heterocycles. The molecular weight excluding hydrogens is 188 g/mol. The molecule has 2 atom stereocenters. The van der Waals surface area contributed by atoms with Gasteiger partial charge in [-0.2, -0.15) is 5.26 Å². The number of rotatable bonds is 3.